The number of methoxy groups -OCH3 is 1. The minimum absolute atomic E-state index is 0.589. The first-order valence-electron chi connectivity index (χ1n) is 8.44. The average Bonchev–Trinajstić information content (AvgIpc) is 3.46. The van der Waals surface area contributed by atoms with Crippen LogP contribution in [0.5, 0.6) is 5.75 Å². The highest BCUT2D eigenvalue weighted by Gasteiger charge is 2.15. The Morgan fingerprint density at radius 2 is 2.11 bits per heavy atom. The van der Waals surface area contributed by atoms with Gasteiger partial charge in [0.25, 0.3) is 0 Å². The molecular weight excluding hydrogens is 360 g/mol. The van der Waals surface area contributed by atoms with Crippen molar-refractivity contribution in [1.29, 1.82) is 0 Å². The molecule has 0 unspecified atom stereocenters. The first-order chi connectivity index (χ1) is 13.3. The van der Waals surface area contributed by atoms with Gasteiger partial charge in [0.15, 0.2) is 16.6 Å². The molecule has 5 rings (SSSR count). The molecule has 0 atom stereocenters. The van der Waals surface area contributed by atoms with Crippen LogP contribution in [0.25, 0.3) is 27.8 Å². The standard InChI is InChI=1S/C19H16N6OS/c1-26-16-7-3-2-5-13(16)12-25-18-14(11-21-25)22-17(23-18)15-6-4-9-24(15)19-20-8-10-27-19/h2-11H,12H2,1H3,(H,22,23). The molecule has 4 aromatic heterocycles. The lowest BCUT2D eigenvalue weighted by atomic mass is 10.2. The molecule has 0 saturated heterocycles. The number of para-hydroxylation sites is 1. The number of aromatic nitrogens is 6. The van der Waals surface area contributed by atoms with E-state index in [0.29, 0.717) is 6.54 Å². The Balaban J connectivity index is 1.54. The molecule has 0 saturated carbocycles. The normalized spacial score (nSPS) is 11.3. The number of ether oxygens (including phenoxy) is 1. The Bertz CT molecular complexity index is 1200. The lowest BCUT2D eigenvalue weighted by Gasteiger charge is -2.08. The number of imidazole rings is 1. The molecular formula is C19H16N6OS. The van der Waals surface area contributed by atoms with Gasteiger partial charge in [0.2, 0.25) is 0 Å². The van der Waals surface area contributed by atoms with Crippen LogP contribution in [0.15, 0.2) is 60.4 Å². The Hall–Kier alpha value is -3.39. The second kappa shape index (κ2) is 6.40. The summed E-state index contributed by atoms with van der Waals surface area (Å²) in [6, 6.07) is 12.0. The molecule has 134 valence electrons. The Labute approximate surface area is 158 Å². The van der Waals surface area contributed by atoms with Gasteiger partial charge in [-0.1, -0.05) is 18.2 Å². The zero-order chi connectivity index (χ0) is 18.2. The quantitative estimate of drug-likeness (QED) is 0.507. The van der Waals surface area contributed by atoms with Crippen LogP contribution >= 0.6 is 11.3 Å². The molecule has 0 aliphatic carbocycles. The minimum Gasteiger partial charge on any atom is -0.496 e. The summed E-state index contributed by atoms with van der Waals surface area (Å²) in [4.78, 5) is 12.6. The van der Waals surface area contributed by atoms with E-state index in [1.54, 1.807) is 30.8 Å². The molecule has 27 heavy (non-hydrogen) atoms. The summed E-state index contributed by atoms with van der Waals surface area (Å²) in [5.41, 5.74) is 3.72. The zero-order valence-electron chi connectivity index (χ0n) is 14.5. The van der Waals surface area contributed by atoms with Gasteiger partial charge in [-0.2, -0.15) is 5.10 Å². The monoisotopic (exact) mass is 376 g/mol. The summed E-state index contributed by atoms with van der Waals surface area (Å²) in [5.74, 6) is 1.63. The second-order valence-electron chi connectivity index (χ2n) is 6.01. The van der Waals surface area contributed by atoms with Gasteiger partial charge in [-0.3, -0.25) is 4.57 Å². The van der Waals surface area contributed by atoms with Gasteiger partial charge in [0.05, 0.1) is 25.5 Å². The molecule has 0 spiro atoms. The minimum atomic E-state index is 0.589. The van der Waals surface area contributed by atoms with Crippen molar-refractivity contribution >= 4 is 22.5 Å². The smallest absolute Gasteiger partial charge is 0.194 e. The number of fused-ring (bicyclic) bond motifs is 1. The highest BCUT2D eigenvalue weighted by atomic mass is 32.1. The molecule has 0 aliphatic rings. The van der Waals surface area contributed by atoms with Crippen molar-refractivity contribution < 1.29 is 4.74 Å². The van der Waals surface area contributed by atoms with Gasteiger partial charge in [0.1, 0.15) is 11.3 Å². The third kappa shape index (κ3) is 2.70. The number of nitrogens with one attached hydrogen (secondary N) is 1. The fraction of sp³-hybridized carbons (Fsp3) is 0.105. The summed E-state index contributed by atoms with van der Waals surface area (Å²) < 4.78 is 9.36. The molecule has 4 heterocycles. The first kappa shape index (κ1) is 15.8. The fourth-order valence-corrected chi connectivity index (χ4v) is 3.79. The Morgan fingerprint density at radius 1 is 1.19 bits per heavy atom. The number of hydrogen-bond donors (Lipinski definition) is 1. The van der Waals surface area contributed by atoms with Crippen molar-refractivity contribution in [1.82, 2.24) is 29.3 Å². The maximum absolute atomic E-state index is 5.45. The third-order valence-electron chi connectivity index (χ3n) is 4.41. The highest BCUT2D eigenvalue weighted by Crippen LogP contribution is 2.26. The molecule has 0 fully saturated rings. The molecule has 8 heteroatoms. The SMILES string of the molecule is COc1ccccc1Cn1ncc2[nH]c(-c3cccn3-c3nccs3)nc21. The first-order valence-corrected chi connectivity index (χ1v) is 9.32. The van der Waals surface area contributed by atoms with Gasteiger partial charge in [-0.15, -0.1) is 11.3 Å². The highest BCUT2D eigenvalue weighted by molar-refractivity contribution is 7.12. The van der Waals surface area contributed by atoms with Crippen LogP contribution in [0.1, 0.15) is 5.56 Å². The van der Waals surface area contributed by atoms with E-state index >= 15 is 0 Å². The maximum atomic E-state index is 5.45. The lowest BCUT2D eigenvalue weighted by Crippen LogP contribution is -2.04. The van der Waals surface area contributed by atoms with Crippen LogP contribution in [0.2, 0.25) is 0 Å². The van der Waals surface area contributed by atoms with Gasteiger partial charge in [-0.05, 0) is 18.2 Å². The summed E-state index contributed by atoms with van der Waals surface area (Å²) in [7, 11) is 1.68. The Morgan fingerprint density at radius 3 is 2.96 bits per heavy atom. The van der Waals surface area contributed by atoms with Gasteiger partial charge in [0, 0.05) is 23.3 Å². The van der Waals surface area contributed by atoms with E-state index in [1.165, 1.54) is 0 Å². The summed E-state index contributed by atoms with van der Waals surface area (Å²) in [6.07, 6.45) is 5.59. The van der Waals surface area contributed by atoms with Crippen molar-refractivity contribution in [2.45, 2.75) is 6.54 Å². The predicted molar refractivity (Wildman–Crippen MR) is 104 cm³/mol. The van der Waals surface area contributed by atoms with Crippen molar-refractivity contribution in [3.05, 3.63) is 65.9 Å². The fourth-order valence-electron chi connectivity index (χ4n) is 3.15. The molecule has 7 nitrogen and oxygen atoms in total. The molecule has 0 amide bonds. The van der Waals surface area contributed by atoms with Crippen LogP contribution in [0.4, 0.5) is 0 Å². The number of benzene rings is 1. The van der Waals surface area contributed by atoms with E-state index in [2.05, 4.69) is 15.1 Å². The molecule has 1 aromatic carbocycles. The molecule has 0 bridgehead atoms. The summed E-state index contributed by atoms with van der Waals surface area (Å²) in [6.45, 7) is 0.589. The third-order valence-corrected chi connectivity index (χ3v) is 5.18. The van der Waals surface area contributed by atoms with Gasteiger partial charge < -0.3 is 9.72 Å². The van der Waals surface area contributed by atoms with Crippen LogP contribution < -0.4 is 4.74 Å². The number of hydrogen-bond acceptors (Lipinski definition) is 5. The van der Waals surface area contributed by atoms with Crippen molar-refractivity contribution in [3.63, 3.8) is 0 Å². The number of aromatic amines is 1. The van der Waals surface area contributed by atoms with Crippen LogP contribution in [-0.4, -0.2) is 36.4 Å². The molecule has 0 aliphatic heterocycles. The number of rotatable bonds is 5. The average molecular weight is 376 g/mol. The lowest BCUT2D eigenvalue weighted by molar-refractivity contribution is 0.407. The van der Waals surface area contributed by atoms with E-state index in [4.69, 9.17) is 9.72 Å². The topological polar surface area (TPSA) is 73.6 Å². The summed E-state index contributed by atoms with van der Waals surface area (Å²) >= 11 is 1.59. The van der Waals surface area contributed by atoms with E-state index < -0.39 is 0 Å². The molecule has 1 N–H and O–H groups in total. The van der Waals surface area contributed by atoms with Crippen molar-refractivity contribution in [2.24, 2.45) is 0 Å². The van der Waals surface area contributed by atoms with Crippen LogP contribution in [0.3, 0.4) is 0 Å². The van der Waals surface area contributed by atoms with E-state index in [0.717, 1.165) is 39.1 Å². The summed E-state index contributed by atoms with van der Waals surface area (Å²) in [5, 5.41) is 7.34. The molecule has 0 radical (unpaired) electrons. The maximum Gasteiger partial charge on any atom is 0.194 e. The van der Waals surface area contributed by atoms with E-state index in [9.17, 15) is 0 Å². The van der Waals surface area contributed by atoms with Gasteiger partial charge in [-0.25, -0.2) is 14.6 Å². The predicted octanol–water partition coefficient (Wildman–Crippen LogP) is 3.73. The van der Waals surface area contributed by atoms with E-state index in [-0.39, 0.29) is 0 Å². The van der Waals surface area contributed by atoms with Crippen molar-refractivity contribution in [2.75, 3.05) is 7.11 Å². The van der Waals surface area contributed by atoms with E-state index in [1.807, 2.05) is 57.2 Å². The Kier molecular flexibility index (Phi) is 3.75. The van der Waals surface area contributed by atoms with Crippen molar-refractivity contribution in [3.8, 4) is 22.4 Å². The molecule has 5 aromatic rings. The van der Waals surface area contributed by atoms with Crippen LogP contribution in [0, 0.1) is 0 Å². The number of H-pyrrole nitrogens is 1. The number of nitrogens with zero attached hydrogens (tertiary/aromatic N) is 5. The van der Waals surface area contributed by atoms with Gasteiger partial charge >= 0.3 is 0 Å². The second-order valence-corrected chi connectivity index (χ2v) is 6.89. The van der Waals surface area contributed by atoms with Crippen LogP contribution in [-0.2, 0) is 6.54 Å². The number of thiazole rings is 1. The largest absolute Gasteiger partial charge is 0.496 e. The zero-order valence-corrected chi connectivity index (χ0v) is 15.3.